The molecule has 0 radical (unpaired) electrons. The maximum atomic E-state index is 12.1. The van der Waals surface area contributed by atoms with Crippen LogP contribution in [0.5, 0.6) is 0 Å². The minimum atomic E-state index is -0.107. The van der Waals surface area contributed by atoms with Gasteiger partial charge < -0.3 is 4.98 Å². The zero-order valence-electron chi connectivity index (χ0n) is 10.5. The van der Waals surface area contributed by atoms with Crippen LogP contribution in [-0.4, -0.2) is 9.55 Å². The number of nitrogens with zero attached hydrogens (tertiary/aromatic N) is 1. The molecule has 3 aromatic rings. The van der Waals surface area contributed by atoms with Gasteiger partial charge in [-0.15, -0.1) is 0 Å². The summed E-state index contributed by atoms with van der Waals surface area (Å²) in [6, 6.07) is 13.5. The van der Waals surface area contributed by atoms with Crippen LogP contribution in [-0.2, 0) is 6.54 Å². The van der Waals surface area contributed by atoms with E-state index in [1.54, 1.807) is 4.57 Å². The van der Waals surface area contributed by atoms with Gasteiger partial charge in [-0.05, 0) is 30.2 Å². The van der Waals surface area contributed by atoms with Crippen molar-refractivity contribution in [2.75, 3.05) is 0 Å². The van der Waals surface area contributed by atoms with Gasteiger partial charge in [0.15, 0.2) is 0 Å². The molecule has 3 rings (SSSR count). The van der Waals surface area contributed by atoms with Crippen molar-refractivity contribution < 1.29 is 0 Å². The van der Waals surface area contributed by atoms with E-state index in [0.29, 0.717) is 11.6 Å². The third-order valence-electron chi connectivity index (χ3n) is 3.30. The number of hydrogen-bond acceptors (Lipinski definition) is 1. The summed E-state index contributed by atoms with van der Waals surface area (Å²) in [6.45, 7) is 2.46. The minimum absolute atomic E-state index is 0.107. The third-order valence-corrected chi connectivity index (χ3v) is 3.67. The molecule has 3 nitrogen and oxygen atoms in total. The lowest BCUT2D eigenvalue weighted by molar-refractivity contribution is 0.787. The molecule has 0 unspecified atom stereocenters. The Kier molecular flexibility index (Phi) is 2.91. The van der Waals surface area contributed by atoms with Crippen LogP contribution in [0.15, 0.2) is 47.3 Å². The van der Waals surface area contributed by atoms with E-state index < -0.39 is 0 Å². The number of aryl methyl sites for hydroxylation is 1. The van der Waals surface area contributed by atoms with E-state index >= 15 is 0 Å². The number of hydrogen-bond donors (Lipinski definition) is 1. The number of rotatable bonds is 2. The second-order valence-electron chi connectivity index (χ2n) is 4.58. The molecule has 1 heterocycles. The van der Waals surface area contributed by atoms with Crippen LogP contribution in [0.1, 0.15) is 11.1 Å². The maximum Gasteiger partial charge on any atom is 0.326 e. The Morgan fingerprint density at radius 1 is 1.16 bits per heavy atom. The van der Waals surface area contributed by atoms with Gasteiger partial charge in [0.2, 0.25) is 0 Å². The van der Waals surface area contributed by atoms with Crippen LogP contribution < -0.4 is 5.69 Å². The van der Waals surface area contributed by atoms with Crippen molar-refractivity contribution in [2.24, 2.45) is 0 Å². The van der Waals surface area contributed by atoms with E-state index in [4.69, 9.17) is 11.6 Å². The van der Waals surface area contributed by atoms with Gasteiger partial charge in [-0.3, -0.25) is 4.57 Å². The van der Waals surface area contributed by atoms with E-state index in [0.717, 1.165) is 22.2 Å². The number of halogens is 1. The van der Waals surface area contributed by atoms with Crippen molar-refractivity contribution in [1.29, 1.82) is 0 Å². The highest BCUT2D eigenvalue weighted by atomic mass is 35.5. The molecule has 4 heteroatoms. The standard InChI is InChI=1S/C15H13ClN2O/c1-10-5-4-8-13-14(10)17-15(19)18(13)9-11-6-2-3-7-12(11)16/h2-8H,9H2,1H3,(H,17,19). The second-order valence-corrected chi connectivity index (χ2v) is 4.98. The highest BCUT2D eigenvalue weighted by molar-refractivity contribution is 6.31. The van der Waals surface area contributed by atoms with Gasteiger partial charge in [0.1, 0.15) is 0 Å². The van der Waals surface area contributed by atoms with Crippen molar-refractivity contribution in [3.8, 4) is 0 Å². The highest BCUT2D eigenvalue weighted by Gasteiger charge is 2.09. The van der Waals surface area contributed by atoms with Crippen LogP contribution in [0, 0.1) is 6.92 Å². The quantitative estimate of drug-likeness (QED) is 0.763. The molecule has 0 saturated heterocycles. The first kappa shape index (κ1) is 12.1. The van der Waals surface area contributed by atoms with Crippen molar-refractivity contribution in [3.63, 3.8) is 0 Å². The van der Waals surface area contributed by atoms with E-state index in [-0.39, 0.29) is 5.69 Å². The first-order valence-electron chi connectivity index (χ1n) is 6.08. The number of fused-ring (bicyclic) bond motifs is 1. The Labute approximate surface area is 115 Å². The molecule has 0 spiro atoms. The van der Waals surface area contributed by atoms with Gasteiger partial charge in [-0.25, -0.2) is 4.79 Å². The average molecular weight is 273 g/mol. The summed E-state index contributed by atoms with van der Waals surface area (Å²) >= 11 is 6.15. The molecular weight excluding hydrogens is 260 g/mol. The average Bonchev–Trinajstić information content (AvgIpc) is 2.71. The SMILES string of the molecule is Cc1cccc2c1[nH]c(=O)n2Cc1ccccc1Cl. The van der Waals surface area contributed by atoms with E-state index in [9.17, 15) is 4.79 Å². The Hall–Kier alpha value is -2.00. The zero-order chi connectivity index (χ0) is 13.4. The molecule has 0 aliphatic carbocycles. The summed E-state index contributed by atoms with van der Waals surface area (Å²) in [5.74, 6) is 0. The largest absolute Gasteiger partial charge is 0.326 e. The summed E-state index contributed by atoms with van der Waals surface area (Å²) in [6.07, 6.45) is 0. The highest BCUT2D eigenvalue weighted by Crippen LogP contribution is 2.19. The number of benzene rings is 2. The minimum Gasteiger partial charge on any atom is -0.305 e. The zero-order valence-corrected chi connectivity index (χ0v) is 11.2. The molecule has 0 atom stereocenters. The summed E-state index contributed by atoms with van der Waals surface area (Å²) in [5.41, 5.74) is 3.69. The van der Waals surface area contributed by atoms with Crippen LogP contribution in [0.4, 0.5) is 0 Å². The molecule has 0 aliphatic rings. The lowest BCUT2D eigenvalue weighted by atomic mass is 10.2. The van der Waals surface area contributed by atoms with E-state index in [2.05, 4.69) is 4.98 Å². The Morgan fingerprint density at radius 2 is 1.95 bits per heavy atom. The predicted molar refractivity (Wildman–Crippen MR) is 77.8 cm³/mol. The lowest BCUT2D eigenvalue weighted by Gasteiger charge is -2.06. The van der Waals surface area contributed by atoms with Crippen molar-refractivity contribution in [2.45, 2.75) is 13.5 Å². The van der Waals surface area contributed by atoms with Crippen LogP contribution >= 0.6 is 11.6 Å². The molecular formula is C15H13ClN2O. The maximum absolute atomic E-state index is 12.1. The lowest BCUT2D eigenvalue weighted by Crippen LogP contribution is -2.17. The first-order chi connectivity index (χ1) is 9.16. The Bertz CT molecular complexity index is 801. The molecule has 2 aromatic carbocycles. The summed E-state index contributed by atoms with van der Waals surface area (Å²) in [7, 11) is 0. The molecule has 0 fully saturated rings. The molecule has 19 heavy (non-hydrogen) atoms. The van der Waals surface area contributed by atoms with Gasteiger partial charge in [0, 0.05) is 5.02 Å². The van der Waals surface area contributed by atoms with Crippen molar-refractivity contribution in [1.82, 2.24) is 9.55 Å². The molecule has 0 aliphatic heterocycles. The summed E-state index contributed by atoms with van der Waals surface area (Å²) in [4.78, 5) is 15.0. The van der Waals surface area contributed by atoms with Gasteiger partial charge in [-0.1, -0.05) is 41.9 Å². The monoisotopic (exact) mass is 272 g/mol. The molecule has 0 amide bonds. The normalized spacial score (nSPS) is 11.1. The molecule has 1 N–H and O–H groups in total. The number of H-pyrrole nitrogens is 1. The smallest absolute Gasteiger partial charge is 0.305 e. The topological polar surface area (TPSA) is 37.8 Å². The molecule has 0 saturated carbocycles. The third kappa shape index (κ3) is 2.06. The number of nitrogens with one attached hydrogen (secondary N) is 1. The fraction of sp³-hybridized carbons (Fsp3) is 0.133. The second kappa shape index (κ2) is 4.59. The number of para-hydroxylation sites is 1. The molecule has 96 valence electrons. The number of aromatic amines is 1. The van der Waals surface area contributed by atoms with E-state index in [1.165, 1.54) is 0 Å². The van der Waals surface area contributed by atoms with Gasteiger partial charge in [0.25, 0.3) is 0 Å². The Morgan fingerprint density at radius 3 is 2.74 bits per heavy atom. The number of aromatic nitrogens is 2. The van der Waals surface area contributed by atoms with Crippen molar-refractivity contribution in [3.05, 3.63) is 69.1 Å². The van der Waals surface area contributed by atoms with Crippen molar-refractivity contribution >= 4 is 22.6 Å². The predicted octanol–water partition coefficient (Wildman–Crippen LogP) is 3.34. The Balaban J connectivity index is 2.16. The van der Waals surface area contributed by atoms with Crippen LogP contribution in [0.2, 0.25) is 5.02 Å². The number of imidazole rings is 1. The fourth-order valence-corrected chi connectivity index (χ4v) is 2.47. The van der Waals surface area contributed by atoms with Crippen LogP contribution in [0.25, 0.3) is 11.0 Å². The van der Waals surface area contributed by atoms with Gasteiger partial charge in [-0.2, -0.15) is 0 Å². The van der Waals surface area contributed by atoms with Gasteiger partial charge in [0.05, 0.1) is 17.6 Å². The molecule has 0 bridgehead atoms. The first-order valence-corrected chi connectivity index (χ1v) is 6.46. The van der Waals surface area contributed by atoms with Gasteiger partial charge >= 0.3 is 5.69 Å². The van der Waals surface area contributed by atoms with Crippen LogP contribution in [0.3, 0.4) is 0 Å². The molecule has 1 aromatic heterocycles. The summed E-state index contributed by atoms with van der Waals surface area (Å²) in [5, 5.41) is 0.677. The summed E-state index contributed by atoms with van der Waals surface area (Å²) < 4.78 is 1.71. The van der Waals surface area contributed by atoms with E-state index in [1.807, 2.05) is 49.4 Å². The fourth-order valence-electron chi connectivity index (χ4n) is 2.28.